The van der Waals surface area contributed by atoms with Gasteiger partial charge in [-0.1, -0.05) is 25.4 Å². The summed E-state index contributed by atoms with van der Waals surface area (Å²) in [6.07, 6.45) is 2.75. The Kier molecular flexibility index (Phi) is 4.85. The number of halogens is 1. The molecule has 0 aliphatic heterocycles. The number of benzene rings is 1. The van der Waals surface area contributed by atoms with E-state index < -0.39 is 10.0 Å². The Bertz CT molecular complexity index is 625. The summed E-state index contributed by atoms with van der Waals surface area (Å²) in [5.41, 5.74) is 6.73. The summed E-state index contributed by atoms with van der Waals surface area (Å²) in [5.74, 6) is 0.470. The van der Waals surface area contributed by atoms with E-state index in [1.165, 1.54) is 6.07 Å². The topological polar surface area (TPSA) is 63.4 Å². The first-order valence-corrected chi connectivity index (χ1v) is 9.12. The molecule has 0 saturated heterocycles. The van der Waals surface area contributed by atoms with E-state index in [0.29, 0.717) is 28.7 Å². The number of nitrogens with zero attached hydrogens (tertiary/aromatic N) is 1. The predicted octanol–water partition coefficient (Wildman–Crippen LogP) is 3.43. The molecule has 1 aliphatic rings. The fourth-order valence-electron chi connectivity index (χ4n) is 2.32. The van der Waals surface area contributed by atoms with E-state index in [1.54, 1.807) is 17.3 Å². The number of aryl methyl sites for hydroxylation is 1. The van der Waals surface area contributed by atoms with E-state index in [9.17, 15) is 8.42 Å². The average Bonchev–Trinajstić information content (AvgIpc) is 3.17. The highest BCUT2D eigenvalue weighted by Crippen LogP contribution is 2.35. The zero-order valence-corrected chi connectivity index (χ0v) is 14.3. The van der Waals surface area contributed by atoms with Gasteiger partial charge in [0.05, 0.1) is 15.6 Å². The van der Waals surface area contributed by atoms with Crippen molar-refractivity contribution in [2.75, 3.05) is 12.3 Å². The Morgan fingerprint density at radius 3 is 2.52 bits per heavy atom. The van der Waals surface area contributed by atoms with Crippen molar-refractivity contribution in [3.05, 3.63) is 22.7 Å². The van der Waals surface area contributed by atoms with Crippen molar-refractivity contribution < 1.29 is 8.42 Å². The lowest BCUT2D eigenvalue weighted by Gasteiger charge is -2.24. The minimum atomic E-state index is -3.51. The second-order valence-electron chi connectivity index (χ2n) is 6.17. The molecule has 0 radical (unpaired) electrons. The first-order chi connectivity index (χ1) is 9.73. The molecule has 2 rings (SSSR count). The number of hydrogen-bond donors (Lipinski definition) is 1. The van der Waals surface area contributed by atoms with Gasteiger partial charge in [0.25, 0.3) is 0 Å². The molecule has 4 nitrogen and oxygen atoms in total. The number of nitrogens with two attached hydrogens (primary N) is 1. The van der Waals surface area contributed by atoms with Crippen LogP contribution in [-0.2, 0) is 10.0 Å². The number of rotatable bonds is 6. The number of hydrogen-bond acceptors (Lipinski definition) is 3. The van der Waals surface area contributed by atoms with Gasteiger partial charge in [-0.3, -0.25) is 0 Å². The van der Waals surface area contributed by atoms with E-state index in [0.717, 1.165) is 19.3 Å². The number of sulfonamides is 1. The van der Waals surface area contributed by atoms with Crippen LogP contribution in [0.4, 0.5) is 5.69 Å². The van der Waals surface area contributed by atoms with Gasteiger partial charge in [-0.2, -0.15) is 4.31 Å². The SMILES string of the molecule is Cc1cc(Cl)c(N)cc1S(=O)(=O)N(CCC(C)C)C1CC1. The first-order valence-electron chi connectivity index (χ1n) is 7.31. The highest BCUT2D eigenvalue weighted by molar-refractivity contribution is 7.89. The molecule has 0 aromatic heterocycles. The van der Waals surface area contributed by atoms with Gasteiger partial charge in [0, 0.05) is 12.6 Å². The van der Waals surface area contributed by atoms with E-state index in [1.807, 2.05) is 0 Å². The van der Waals surface area contributed by atoms with E-state index >= 15 is 0 Å². The van der Waals surface area contributed by atoms with Crippen LogP contribution in [0.5, 0.6) is 0 Å². The van der Waals surface area contributed by atoms with Gasteiger partial charge in [0.15, 0.2) is 0 Å². The molecule has 1 fully saturated rings. The second-order valence-corrected chi connectivity index (χ2v) is 8.43. The zero-order valence-electron chi connectivity index (χ0n) is 12.8. The number of nitrogen functional groups attached to an aromatic ring is 1. The highest BCUT2D eigenvalue weighted by Gasteiger charge is 2.38. The molecule has 0 unspecified atom stereocenters. The highest BCUT2D eigenvalue weighted by atomic mass is 35.5. The van der Waals surface area contributed by atoms with Gasteiger partial charge in [0.2, 0.25) is 10.0 Å². The zero-order chi connectivity index (χ0) is 15.8. The quantitative estimate of drug-likeness (QED) is 0.813. The Hall–Kier alpha value is -0.780. The summed E-state index contributed by atoms with van der Waals surface area (Å²) in [4.78, 5) is 0.278. The molecule has 1 saturated carbocycles. The number of anilines is 1. The standard InChI is InChI=1S/C15H23ClN2O2S/c1-10(2)6-7-18(12-4-5-12)21(19,20)15-9-14(17)13(16)8-11(15)3/h8-10,12H,4-7,17H2,1-3H3. The summed E-state index contributed by atoms with van der Waals surface area (Å²) < 4.78 is 27.5. The molecule has 21 heavy (non-hydrogen) atoms. The van der Waals surface area contributed by atoms with Crippen LogP contribution in [0.2, 0.25) is 5.02 Å². The smallest absolute Gasteiger partial charge is 0.243 e. The van der Waals surface area contributed by atoms with Crippen LogP contribution in [0.25, 0.3) is 0 Å². The van der Waals surface area contributed by atoms with Gasteiger partial charge in [-0.15, -0.1) is 0 Å². The second kappa shape index (κ2) is 6.15. The largest absolute Gasteiger partial charge is 0.397 e. The first kappa shape index (κ1) is 16.6. The van der Waals surface area contributed by atoms with Crippen molar-refractivity contribution in [2.45, 2.75) is 51.0 Å². The van der Waals surface area contributed by atoms with Crippen LogP contribution in [0, 0.1) is 12.8 Å². The van der Waals surface area contributed by atoms with E-state index in [-0.39, 0.29) is 10.9 Å². The maximum atomic E-state index is 12.9. The Morgan fingerprint density at radius 1 is 1.38 bits per heavy atom. The van der Waals surface area contributed by atoms with Crippen molar-refractivity contribution in [3.63, 3.8) is 0 Å². The van der Waals surface area contributed by atoms with Gasteiger partial charge < -0.3 is 5.73 Å². The van der Waals surface area contributed by atoms with Crippen LogP contribution < -0.4 is 5.73 Å². The molecule has 6 heteroatoms. The Balaban J connectivity index is 2.36. The maximum Gasteiger partial charge on any atom is 0.243 e. The Labute approximate surface area is 132 Å². The van der Waals surface area contributed by atoms with Gasteiger partial charge >= 0.3 is 0 Å². The third kappa shape index (κ3) is 3.71. The molecule has 1 aromatic carbocycles. The summed E-state index contributed by atoms with van der Waals surface area (Å²) in [6.45, 7) is 6.52. The molecule has 118 valence electrons. The Morgan fingerprint density at radius 2 is 2.00 bits per heavy atom. The maximum absolute atomic E-state index is 12.9. The van der Waals surface area contributed by atoms with Crippen molar-refractivity contribution in [1.29, 1.82) is 0 Å². The van der Waals surface area contributed by atoms with Crippen LogP contribution >= 0.6 is 11.6 Å². The third-order valence-electron chi connectivity index (χ3n) is 3.76. The van der Waals surface area contributed by atoms with Crippen LogP contribution in [0.3, 0.4) is 0 Å². The monoisotopic (exact) mass is 330 g/mol. The van der Waals surface area contributed by atoms with Crippen molar-refractivity contribution >= 4 is 27.3 Å². The van der Waals surface area contributed by atoms with Crippen molar-refractivity contribution in [3.8, 4) is 0 Å². The minimum absolute atomic E-state index is 0.144. The average molecular weight is 331 g/mol. The predicted molar refractivity (Wildman–Crippen MR) is 87.0 cm³/mol. The fraction of sp³-hybridized carbons (Fsp3) is 0.600. The summed E-state index contributed by atoms with van der Waals surface area (Å²) in [6, 6.07) is 3.25. The molecule has 2 N–H and O–H groups in total. The van der Waals surface area contributed by atoms with Crippen molar-refractivity contribution in [2.24, 2.45) is 5.92 Å². The summed E-state index contributed by atoms with van der Waals surface area (Å²) >= 11 is 5.96. The van der Waals surface area contributed by atoms with Crippen LogP contribution in [-0.4, -0.2) is 25.3 Å². The minimum Gasteiger partial charge on any atom is -0.397 e. The van der Waals surface area contributed by atoms with Gasteiger partial charge in [0.1, 0.15) is 0 Å². The van der Waals surface area contributed by atoms with Gasteiger partial charge in [-0.25, -0.2) is 8.42 Å². The lowest BCUT2D eigenvalue weighted by molar-refractivity contribution is 0.373. The molecule has 0 heterocycles. The lowest BCUT2D eigenvalue weighted by Crippen LogP contribution is -2.35. The molecular weight excluding hydrogens is 308 g/mol. The fourth-order valence-corrected chi connectivity index (χ4v) is 4.48. The molecule has 0 amide bonds. The van der Waals surface area contributed by atoms with Crippen LogP contribution in [0.1, 0.15) is 38.7 Å². The molecule has 1 aromatic rings. The normalized spacial score (nSPS) is 15.9. The summed E-state index contributed by atoms with van der Waals surface area (Å²) in [5, 5.41) is 0.395. The molecule has 1 aliphatic carbocycles. The van der Waals surface area contributed by atoms with Crippen LogP contribution in [0.15, 0.2) is 17.0 Å². The lowest BCUT2D eigenvalue weighted by atomic mass is 10.1. The molecule has 0 atom stereocenters. The van der Waals surface area contributed by atoms with E-state index in [2.05, 4.69) is 13.8 Å². The van der Waals surface area contributed by atoms with E-state index in [4.69, 9.17) is 17.3 Å². The molecule has 0 bridgehead atoms. The molecule has 0 spiro atoms. The van der Waals surface area contributed by atoms with Crippen molar-refractivity contribution in [1.82, 2.24) is 4.31 Å². The van der Waals surface area contributed by atoms with Gasteiger partial charge in [-0.05, 0) is 49.8 Å². The third-order valence-corrected chi connectivity index (χ3v) is 6.18. The molecular formula is C15H23ClN2O2S. The summed E-state index contributed by atoms with van der Waals surface area (Å²) in [7, 11) is -3.51.